The summed E-state index contributed by atoms with van der Waals surface area (Å²) in [6, 6.07) is 8.40. The number of hydrogen-bond acceptors (Lipinski definition) is 6. The van der Waals surface area contributed by atoms with E-state index in [-0.39, 0.29) is 37.4 Å². The molecule has 2 saturated heterocycles. The highest BCUT2D eigenvalue weighted by Gasteiger charge is 2.67. The number of imide groups is 1. The fraction of sp³-hybridized carbons (Fsp3) is 0.545. The van der Waals surface area contributed by atoms with Gasteiger partial charge in [0.15, 0.2) is 0 Å². The molecule has 2 fully saturated rings. The number of hydrogen-bond donors (Lipinski definition) is 2. The molecular formula is C22H30N4O5. The molecule has 2 N–H and O–H groups in total. The zero-order valence-corrected chi connectivity index (χ0v) is 18.4. The van der Waals surface area contributed by atoms with Crippen molar-refractivity contribution in [2.45, 2.75) is 38.4 Å². The first-order valence-electron chi connectivity index (χ1n) is 10.5. The van der Waals surface area contributed by atoms with Gasteiger partial charge in [-0.1, -0.05) is 37.3 Å². The van der Waals surface area contributed by atoms with Gasteiger partial charge in [-0.3, -0.25) is 24.6 Å². The van der Waals surface area contributed by atoms with Crippen LogP contribution in [-0.2, 0) is 25.7 Å². The van der Waals surface area contributed by atoms with Crippen LogP contribution in [0.1, 0.15) is 25.8 Å². The van der Waals surface area contributed by atoms with Crippen molar-refractivity contribution in [3.05, 3.63) is 35.9 Å². The van der Waals surface area contributed by atoms with E-state index in [4.69, 9.17) is 4.74 Å². The third-order valence-electron chi connectivity index (χ3n) is 6.29. The van der Waals surface area contributed by atoms with Crippen LogP contribution in [0.25, 0.3) is 0 Å². The van der Waals surface area contributed by atoms with Crippen LogP contribution in [0.15, 0.2) is 30.3 Å². The molecule has 1 aromatic carbocycles. The van der Waals surface area contributed by atoms with E-state index < -0.39 is 29.4 Å². The number of rotatable bonds is 7. The van der Waals surface area contributed by atoms with Gasteiger partial charge in [-0.25, -0.2) is 4.79 Å². The molecular weight excluding hydrogens is 400 g/mol. The van der Waals surface area contributed by atoms with Gasteiger partial charge < -0.3 is 15.0 Å². The van der Waals surface area contributed by atoms with Gasteiger partial charge in [0.1, 0.15) is 5.54 Å². The number of amides is 4. The summed E-state index contributed by atoms with van der Waals surface area (Å²) in [6.45, 7) is 4.38. The second kappa shape index (κ2) is 9.05. The van der Waals surface area contributed by atoms with Crippen LogP contribution in [0, 0.1) is 11.8 Å². The van der Waals surface area contributed by atoms with E-state index in [1.807, 2.05) is 37.3 Å². The number of likely N-dealkylation sites (N-methyl/N-ethyl adjacent to an activating group) is 1. The van der Waals surface area contributed by atoms with E-state index in [1.54, 1.807) is 14.0 Å². The Morgan fingerprint density at radius 2 is 1.87 bits per heavy atom. The predicted octanol–water partition coefficient (Wildman–Crippen LogP) is 0.743. The van der Waals surface area contributed by atoms with Gasteiger partial charge in [0.2, 0.25) is 11.8 Å². The van der Waals surface area contributed by atoms with E-state index >= 15 is 0 Å². The quantitative estimate of drug-likeness (QED) is 0.488. The van der Waals surface area contributed by atoms with Gasteiger partial charge in [0.25, 0.3) is 0 Å². The van der Waals surface area contributed by atoms with Gasteiger partial charge >= 0.3 is 12.0 Å². The van der Waals surface area contributed by atoms with Crippen LogP contribution < -0.4 is 10.6 Å². The number of urea groups is 1. The molecule has 2 heterocycles. The summed E-state index contributed by atoms with van der Waals surface area (Å²) >= 11 is 0. The van der Waals surface area contributed by atoms with E-state index in [1.165, 1.54) is 16.9 Å². The molecule has 1 aromatic rings. The summed E-state index contributed by atoms with van der Waals surface area (Å²) in [5.74, 6) is -2.93. The van der Waals surface area contributed by atoms with E-state index in [0.29, 0.717) is 6.54 Å². The van der Waals surface area contributed by atoms with Crippen molar-refractivity contribution >= 4 is 23.8 Å². The lowest BCUT2D eigenvalue weighted by atomic mass is 9.78. The van der Waals surface area contributed by atoms with Crippen LogP contribution >= 0.6 is 0 Å². The largest absolute Gasteiger partial charge is 0.468 e. The average molecular weight is 431 g/mol. The molecule has 4 amide bonds. The summed E-state index contributed by atoms with van der Waals surface area (Å²) in [5, 5.41) is 5.93. The molecule has 9 nitrogen and oxygen atoms in total. The molecule has 2 aliphatic heterocycles. The molecule has 0 aliphatic carbocycles. The van der Waals surface area contributed by atoms with Gasteiger partial charge in [0, 0.05) is 26.2 Å². The lowest BCUT2D eigenvalue weighted by molar-refractivity contribution is -0.154. The highest BCUT2D eigenvalue weighted by atomic mass is 16.5. The standard InChI is InChI=1S/C22H30N4O5/c1-5-22(20(29)31-4)17-16(15(24-22)13-25(3)21(30)23-6-2)18(27)26(19(17)28)12-14-10-8-7-9-11-14/h7-11,15-17,24H,5-6,12-13H2,1-4H3,(H,23,30)/t15-,16+,17-,22-/m1/s1. The molecule has 0 unspecified atom stereocenters. The average Bonchev–Trinajstić information content (AvgIpc) is 3.23. The maximum absolute atomic E-state index is 13.4. The molecule has 2 aliphatic rings. The molecule has 0 bridgehead atoms. The number of likely N-dealkylation sites (tertiary alicyclic amines) is 1. The molecule has 31 heavy (non-hydrogen) atoms. The minimum atomic E-state index is -1.32. The first-order chi connectivity index (χ1) is 14.8. The number of nitrogens with zero attached hydrogens (tertiary/aromatic N) is 2. The normalized spacial score (nSPS) is 27.2. The fourth-order valence-corrected chi connectivity index (χ4v) is 4.76. The fourth-order valence-electron chi connectivity index (χ4n) is 4.76. The number of carbonyl (C=O) groups is 4. The third-order valence-corrected chi connectivity index (χ3v) is 6.29. The predicted molar refractivity (Wildman–Crippen MR) is 113 cm³/mol. The molecule has 168 valence electrons. The first-order valence-corrected chi connectivity index (χ1v) is 10.5. The minimum Gasteiger partial charge on any atom is -0.468 e. The van der Waals surface area contributed by atoms with Crippen molar-refractivity contribution in [1.29, 1.82) is 0 Å². The van der Waals surface area contributed by atoms with Crippen LogP contribution in [0.2, 0.25) is 0 Å². The monoisotopic (exact) mass is 430 g/mol. The highest BCUT2D eigenvalue weighted by molar-refractivity contribution is 6.09. The summed E-state index contributed by atoms with van der Waals surface area (Å²) in [5.41, 5.74) is -0.488. The number of nitrogens with one attached hydrogen (secondary N) is 2. The summed E-state index contributed by atoms with van der Waals surface area (Å²) in [7, 11) is 2.89. The number of carbonyl (C=O) groups excluding carboxylic acids is 4. The minimum absolute atomic E-state index is 0.144. The Morgan fingerprint density at radius 3 is 2.45 bits per heavy atom. The van der Waals surface area contributed by atoms with Crippen molar-refractivity contribution in [3.63, 3.8) is 0 Å². The van der Waals surface area contributed by atoms with Crippen LogP contribution in [0.4, 0.5) is 4.79 Å². The van der Waals surface area contributed by atoms with Crippen molar-refractivity contribution in [2.75, 3.05) is 27.2 Å². The lowest BCUT2D eigenvalue weighted by Crippen LogP contribution is -2.58. The number of methoxy groups -OCH3 is 1. The third kappa shape index (κ3) is 3.89. The van der Waals surface area contributed by atoms with E-state index in [0.717, 1.165) is 5.56 Å². The molecule has 0 aromatic heterocycles. The molecule has 9 heteroatoms. The molecule has 0 spiro atoms. The van der Waals surface area contributed by atoms with Gasteiger partial charge in [0.05, 0.1) is 25.5 Å². The van der Waals surface area contributed by atoms with Gasteiger partial charge in [-0.05, 0) is 18.9 Å². The van der Waals surface area contributed by atoms with Crippen molar-refractivity contribution in [3.8, 4) is 0 Å². The Kier molecular flexibility index (Phi) is 6.64. The number of fused-ring (bicyclic) bond motifs is 1. The second-order valence-corrected chi connectivity index (χ2v) is 8.03. The summed E-state index contributed by atoms with van der Waals surface area (Å²) < 4.78 is 5.04. The SMILES string of the molecule is CCNC(=O)N(C)C[C@H]1N[C@@](CC)(C(=O)OC)[C@H]2C(=O)N(Cc3ccccc3)C(=O)[C@@H]12. The Morgan fingerprint density at radius 1 is 1.19 bits per heavy atom. The number of esters is 1. The highest BCUT2D eigenvalue weighted by Crippen LogP contribution is 2.45. The topological polar surface area (TPSA) is 108 Å². The summed E-state index contributed by atoms with van der Waals surface area (Å²) in [4.78, 5) is 54.6. The zero-order chi connectivity index (χ0) is 22.8. The van der Waals surface area contributed by atoms with E-state index in [9.17, 15) is 19.2 Å². The number of ether oxygens (including phenoxy) is 1. The maximum atomic E-state index is 13.4. The Balaban J connectivity index is 1.95. The number of benzene rings is 1. The van der Waals surface area contributed by atoms with Crippen LogP contribution in [0.3, 0.4) is 0 Å². The smallest absolute Gasteiger partial charge is 0.326 e. The van der Waals surface area contributed by atoms with Crippen LogP contribution in [0.5, 0.6) is 0 Å². The molecule has 3 rings (SSSR count). The Hall–Kier alpha value is -2.94. The first kappa shape index (κ1) is 22.7. The van der Waals surface area contributed by atoms with Crippen molar-refractivity contribution in [1.82, 2.24) is 20.4 Å². The molecule has 0 radical (unpaired) electrons. The molecule has 0 saturated carbocycles. The van der Waals surface area contributed by atoms with Gasteiger partial charge in [-0.2, -0.15) is 0 Å². The van der Waals surface area contributed by atoms with E-state index in [2.05, 4.69) is 10.6 Å². The summed E-state index contributed by atoms with van der Waals surface area (Å²) in [6.07, 6.45) is 0.278. The van der Waals surface area contributed by atoms with Crippen molar-refractivity contribution < 1.29 is 23.9 Å². The molecule has 4 atom stereocenters. The van der Waals surface area contributed by atoms with Crippen molar-refractivity contribution in [2.24, 2.45) is 11.8 Å². The lowest BCUT2D eigenvalue weighted by Gasteiger charge is -2.32. The zero-order valence-electron chi connectivity index (χ0n) is 18.4. The van der Waals surface area contributed by atoms with Gasteiger partial charge in [-0.15, -0.1) is 0 Å². The van der Waals surface area contributed by atoms with Crippen LogP contribution in [-0.4, -0.2) is 72.4 Å². The Bertz CT molecular complexity index is 861. The Labute approximate surface area is 182 Å². The second-order valence-electron chi connectivity index (χ2n) is 8.03. The maximum Gasteiger partial charge on any atom is 0.326 e.